The van der Waals surface area contributed by atoms with Crippen molar-refractivity contribution in [2.24, 2.45) is 0 Å². The van der Waals surface area contributed by atoms with Gasteiger partial charge in [-0.3, -0.25) is 4.79 Å². The first-order valence-corrected chi connectivity index (χ1v) is 6.35. The molecular weight excluding hydrogens is 238 g/mol. The van der Waals surface area contributed by atoms with Crippen LogP contribution < -0.4 is 5.32 Å². The summed E-state index contributed by atoms with van der Waals surface area (Å²) in [6.07, 6.45) is 4.62. The first-order valence-electron chi connectivity index (χ1n) is 6.35. The number of carbonyl (C=O) groups excluding carboxylic acids is 1. The summed E-state index contributed by atoms with van der Waals surface area (Å²) < 4.78 is 0. The van der Waals surface area contributed by atoms with Gasteiger partial charge >= 0.3 is 5.97 Å². The number of carbonyl (C=O) groups is 2. The van der Waals surface area contributed by atoms with Gasteiger partial charge in [0.05, 0.1) is 0 Å². The van der Waals surface area contributed by atoms with Crippen LogP contribution in [-0.4, -0.2) is 46.5 Å². The van der Waals surface area contributed by atoms with Gasteiger partial charge in [-0.15, -0.1) is 0 Å². The maximum Gasteiger partial charge on any atom is 0.326 e. The lowest BCUT2D eigenvalue weighted by Crippen LogP contribution is -2.41. The van der Waals surface area contributed by atoms with Crippen molar-refractivity contribution in [1.82, 2.24) is 5.32 Å². The molecule has 4 N–H and O–H groups in total. The highest BCUT2D eigenvalue weighted by Crippen LogP contribution is 2.05. The molecule has 106 valence electrons. The van der Waals surface area contributed by atoms with Crippen molar-refractivity contribution in [2.75, 3.05) is 13.2 Å². The molecule has 0 spiro atoms. The van der Waals surface area contributed by atoms with E-state index >= 15 is 0 Å². The number of aliphatic hydroxyl groups is 2. The molecule has 0 aliphatic heterocycles. The minimum absolute atomic E-state index is 0.0254. The molecule has 0 aliphatic rings. The van der Waals surface area contributed by atoms with Crippen LogP contribution >= 0.6 is 0 Å². The Morgan fingerprint density at radius 3 is 2.11 bits per heavy atom. The summed E-state index contributed by atoms with van der Waals surface area (Å²) in [5.41, 5.74) is 0. The van der Waals surface area contributed by atoms with Crippen molar-refractivity contribution in [3.05, 3.63) is 0 Å². The molecule has 1 amide bonds. The predicted molar refractivity (Wildman–Crippen MR) is 66.1 cm³/mol. The number of hydrogen-bond donors (Lipinski definition) is 4. The number of carboxylic acid groups (broad SMARTS) is 1. The summed E-state index contributed by atoms with van der Waals surface area (Å²) in [5.74, 6) is -1.42. The van der Waals surface area contributed by atoms with E-state index in [4.69, 9.17) is 15.3 Å². The van der Waals surface area contributed by atoms with E-state index < -0.39 is 12.0 Å². The summed E-state index contributed by atoms with van der Waals surface area (Å²) in [5, 5.41) is 28.4. The van der Waals surface area contributed by atoms with Crippen molar-refractivity contribution < 1.29 is 24.9 Å². The molecule has 18 heavy (non-hydrogen) atoms. The van der Waals surface area contributed by atoms with E-state index in [0.717, 1.165) is 25.7 Å². The Labute approximate surface area is 107 Å². The summed E-state index contributed by atoms with van der Waals surface area (Å²) >= 11 is 0. The highest BCUT2D eigenvalue weighted by atomic mass is 16.4. The first-order chi connectivity index (χ1) is 8.61. The minimum atomic E-state index is -1.12. The molecule has 0 rings (SSSR count). The van der Waals surface area contributed by atoms with Crippen LogP contribution in [0.5, 0.6) is 0 Å². The fourth-order valence-electron chi connectivity index (χ4n) is 1.58. The number of nitrogens with one attached hydrogen (secondary N) is 1. The van der Waals surface area contributed by atoms with Gasteiger partial charge in [-0.05, 0) is 12.8 Å². The zero-order chi connectivity index (χ0) is 13.8. The van der Waals surface area contributed by atoms with Crippen molar-refractivity contribution in [3.63, 3.8) is 0 Å². The van der Waals surface area contributed by atoms with Crippen molar-refractivity contribution in [3.8, 4) is 0 Å². The lowest BCUT2D eigenvalue weighted by molar-refractivity contribution is -0.142. The Balaban J connectivity index is 3.65. The highest BCUT2D eigenvalue weighted by Gasteiger charge is 2.18. The molecule has 0 unspecified atom stereocenters. The fourth-order valence-corrected chi connectivity index (χ4v) is 1.58. The summed E-state index contributed by atoms with van der Waals surface area (Å²) in [4.78, 5) is 22.1. The van der Waals surface area contributed by atoms with Gasteiger partial charge in [0.1, 0.15) is 6.04 Å². The van der Waals surface area contributed by atoms with E-state index in [-0.39, 0.29) is 25.5 Å². The van der Waals surface area contributed by atoms with E-state index in [1.54, 1.807) is 0 Å². The Bertz CT molecular complexity index is 245. The minimum Gasteiger partial charge on any atom is -0.480 e. The van der Waals surface area contributed by atoms with Gasteiger partial charge in [-0.25, -0.2) is 4.79 Å². The molecule has 0 bridgehead atoms. The van der Waals surface area contributed by atoms with Crippen molar-refractivity contribution in [1.29, 1.82) is 0 Å². The Kier molecular flexibility index (Phi) is 10.3. The number of aliphatic hydroxyl groups excluding tert-OH is 2. The zero-order valence-corrected chi connectivity index (χ0v) is 10.6. The van der Waals surface area contributed by atoms with Crippen LogP contribution in [0.3, 0.4) is 0 Å². The molecule has 6 heteroatoms. The molecule has 0 aromatic heterocycles. The number of unbranched alkanes of at least 4 members (excludes halogenated alkanes) is 4. The molecule has 0 aromatic carbocycles. The molecule has 1 atom stereocenters. The number of aliphatic carboxylic acids is 1. The molecule has 0 fully saturated rings. The van der Waals surface area contributed by atoms with Crippen LogP contribution in [0.25, 0.3) is 0 Å². The normalized spacial score (nSPS) is 12.1. The second-order valence-corrected chi connectivity index (χ2v) is 4.21. The Hall–Kier alpha value is -1.14. The largest absolute Gasteiger partial charge is 0.480 e. The van der Waals surface area contributed by atoms with Crippen molar-refractivity contribution >= 4 is 11.9 Å². The van der Waals surface area contributed by atoms with Gasteiger partial charge in [-0.1, -0.05) is 19.3 Å². The molecular formula is C12H23NO5. The maximum atomic E-state index is 11.4. The smallest absolute Gasteiger partial charge is 0.326 e. The topological polar surface area (TPSA) is 107 Å². The molecule has 0 aromatic rings. The van der Waals surface area contributed by atoms with Crippen LogP contribution in [0.4, 0.5) is 0 Å². The van der Waals surface area contributed by atoms with Crippen LogP contribution in [0.2, 0.25) is 0 Å². The van der Waals surface area contributed by atoms with Gasteiger partial charge in [0, 0.05) is 26.1 Å². The highest BCUT2D eigenvalue weighted by molar-refractivity contribution is 5.83. The summed E-state index contributed by atoms with van der Waals surface area (Å²) in [7, 11) is 0. The third-order valence-corrected chi connectivity index (χ3v) is 2.61. The zero-order valence-electron chi connectivity index (χ0n) is 10.6. The summed E-state index contributed by atoms with van der Waals surface area (Å²) in [6.45, 7) is -0.0691. The van der Waals surface area contributed by atoms with E-state index in [0.29, 0.717) is 12.8 Å². The average Bonchev–Trinajstić information content (AvgIpc) is 2.33. The second kappa shape index (κ2) is 11.0. The Morgan fingerprint density at radius 2 is 1.56 bits per heavy atom. The SMILES string of the molecule is O=C(CCCCCCCO)N[C@@H](CCO)C(=O)O. The Morgan fingerprint density at radius 1 is 0.944 bits per heavy atom. The quantitative estimate of drug-likeness (QED) is 0.399. The molecule has 0 saturated carbocycles. The van der Waals surface area contributed by atoms with Gasteiger partial charge < -0.3 is 20.6 Å². The fraction of sp³-hybridized carbons (Fsp3) is 0.833. The van der Waals surface area contributed by atoms with E-state index in [1.807, 2.05) is 0 Å². The molecule has 6 nitrogen and oxygen atoms in total. The molecule has 0 saturated heterocycles. The number of carboxylic acids is 1. The van der Waals surface area contributed by atoms with E-state index in [9.17, 15) is 9.59 Å². The van der Waals surface area contributed by atoms with Crippen LogP contribution in [-0.2, 0) is 9.59 Å². The van der Waals surface area contributed by atoms with Crippen LogP contribution in [0, 0.1) is 0 Å². The van der Waals surface area contributed by atoms with Gasteiger partial charge in [0.25, 0.3) is 0 Å². The van der Waals surface area contributed by atoms with Gasteiger partial charge in [0.2, 0.25) is 5.91 Å². The number of hydrogen-bond acceptors (Lipinski definition) is 4. The monoisotopic (exact) mass is 261 g/mol. The number of rotatable bonds is 11. The first kappa shape index (κ1) is 16.9. The lowest BCUT2D eigenvalue weighted by atomic mass is 10.1. The van der Waals surface area contributed by atoms with E-state index in [2.05, 4.69) is 5.32 Å². The van der Waals surface area contributed by atoms with Gasteiger partial charge in [0.15, 0.2) is 0 Å². The predicted octanol–water partition coefficient (Wildman–Crippen LogP) is 0.271. The lowest BCUT2D eigenvalue weighted by Gasteiger charge is -2.12. The standard InChI is InChI=1S/C12H23NO5/c14-8-5-3-1-2-4-6-11(16)13-10(7-9-15)12(17)18/h10,14-15H,1-9H2,(H,13,16)(H,17,18)/t10-/m0/s1. The third kappa shape index (κ3) is 8.95. The van der Waals surface area contributed by atoms with Gasteiger partial charge in [-0.2, -0.15) is 0 Å². The average molecular weight is 261 g/mol. The second-order valence-electron chi connectivity index (χ2n) is 4.21. The number of amides is 1. The maximum absolute atomic E-state index is 11.4. The van der Waals surface area contributed by atoms with E-state index in [1.165, 1.54) is 0 Å². The molecule has 0 aliphatic carbocycles. The molecule has 0 heterocycles. The van der Waals surface area contributed by atoms with Crippen LogP contribution in [0.1, 0.15) is 44.9 Å². The van der Waals surface area contributed by atoms with Crippen LogP contribution in [0.15, 0.2) is 0 Å². The third-order valence-electron chi connectivity index (χ3n) is 2.61. The van der Waals surface area contributed by atoms with Crippen molar-refractivity contribution in [2.45, 2.75) is 51.0 Å². The molecule has 0 radical (unpaired) electrons. The summed E-state index contributed by atoms with van der Waals surface area (Å²) in [6, 6.07) is -1.00.